The minimum atomic E-state index is -4.36. The number of methoxy groups -OCH3 is 1. The van der Waals surface area contributed by atoms with Gasteiger partial charge in [-0.25, -0.2) is 0 Å². The van der Waals surface area contributed by atoms with Gasteiger partial charge in [0.25, 0.3) is 0 Å². The maximum atomic E-state index is 12.6. The molecule has 1 aromatic carbocycles. The molecule has 0 unspecified atom stereocenters. The molecule has 0 radical (unpaired) electrons. The molecule has 0 saturated carbocycles. The normalized spacial score (nSPS) is 11.4. The Kier molecular flexibility index (Phi) is 4.15. The van der Waals surface area contributed by atoms with E-state index in [2.05, 4.69) is 4.74 Å². The first-order valence-corrected chi connectivity index (χ1v) is 5.08. The van der Waals surface area contributed by atoms with Gasteiger partial charge in [-0.15, -0.1) is 0 Å². The summed E-state index contributed by atoms with van der Waals surface area (Å²) in [5.74, 6) is -0.431. The minimum Gasteiger partial charge on any atom is -0.469 e. The lowest BCUT2D eigenvalue weighted by Crippen LogP contribution is -2.09. The molecule has 5 heteroatoms. The topological polar surface area (TPSA) is 26.3 Å². The number of hydrogen-bond donors (Lipinski definition) is 0. The maximum absolute atomic E-state index is 12.6. The first-order valence-electron chi connectivity index (χ1n) is 5.08. The predicted molar refractivity (Wildman–Crippen MR) is 56.5 cm³/mol. The molecule has 0 N–H and O–H groups in total. The van der Waals surface area contributed by atoms with Gasteiger partial charge in [-0.3, -0.25) is 4.79 Å². The van der Waals surface area contributed by atoms with Crippen molar-refractivity contribution >= 4 is 5.97 Å². The van der Waals surface area contributed by atoms with Crippen LogP contribution in [0.25, 0.3) is 0 Å². The van der Waals surface area contributed by atoms with Gasteiger partial charge in [-0.1, -0.05) is 12.1 Å². The van der Waals surface area contributed by atoms with Gasteiger partial charge in [0.05, 0.1) is 12.7 Å². The molecule has 17 heavy (non-hydrogen) atoms. The zero-order valence-electron chi connectivity index (χ0n) is 9.60. The van der Waals surface area contributed by atoms with Crippen molar-refractivity contribution in [2.45, 2.75) is 25.9 Å². The Bertz CT molecular complexity index is 411. The predicted octanol–water partition coefficient (Wildman–Crippen LogP) is 3.12. The summed E-state index contributed by atoms with van der Waals surface area (Å²) in [6, 6.07) is 4.08. The third-order valence-electron chi connectivity index (χ3n) is 2.45. The molecule has 1 aromatic rings. The van der Waals surface area contributed by atoms with E-state index in [1.54, 1.807) is 6.07 Å². The van der Waals surface area contributed by atoms with E-state index in [9.17, 15) is 18.0 Å². The van der Waals surface area contributed by atoms with Crippen LogP contribution in [0.3, 0.4) is 0 Å². The van der Waals surface area contributed by atoms with Gasteiger partial charge in [-0.05, 0) is 30.5 Å². The highest BCUT2D eigenvalue weighted by molar-refractivity contribution is 5.69. The van der Waals surface area contributed by atoms with E-state index >= 15 is 0 Å². The highest BCUT2D eigenvalue weighted by Gasteiger charge is 2.32. The fourth-order valence-corrected chi connectivity index (χ4v) is 1.48. The zero-order chi connectivity index (χ0) is 13.1. The number of hydrogen-bond acceptors (Lipinski definition) is 2. The van der Waals surface area contributed by atoms with Crippen LogP contribution in [-0.2, 0) is 22.1 Å². The molecule has 0 amide bonds. The van der Waals surface area contributed by atoms with Gasteiger partial charge in [0.2, 0.25) is 0 Å². The summed E-state index contributed by atoms with van der Waals surface area (Å²) in [4.78, 5) is 10.9. The standard InChI is InChI=1S/C12H13F3O2/c1-8-3-4-9(5-6-11(16)17-2)7-10(8)12(13,14)15/h3-4,7H,5-6H2,1-2H3. The van der Waals surface area contributed by atoms with E-state index in [0.29, 0.717) is 5.56 Å². The van der Waals surface area contributed by atoms with Crippen LogP contribution in [0.5, 0.6) is 0 Å². The van der Waals surface area contributed by atoms with Crippen molar-refractivity contribution in [1.82, 2.24) is 0 Å². The van der Waals surface area contributed by atoms with E-state index in [0.717, 1.165) is 6.07 Å². The number of halogens is 3. The number of benzene rings is 1. The van der Waals surface area contributed by atoms with Crippen molar-refractivity contribution in [2.75, 3.05) is 7.11 Å². The largest absolute Gasteiger partial charge is 0.469 e. The smallest absolute Gasteiger partial charge is 0.416 e. The lowest BCUT2D eigenvalue weighted by Gasteiger charge is -2.11. The quantitative estimate of drug-likeness (QED) is 0.766. The molecule has 2 nitrogen and oxygen atoms in total. The molecule has 0 saturated heterocycles. The molecule has 0 atom stereocenters. The summed E-state index contributed by atoms with van der Waals surface area (Å²) in [6.07, 6.45) is -4.03. The van der Waals surface area contributed by atoms with E-state index in [1.807, 2.05) is 0 Å². The molecule has 0 spiro atoms. The maximum Gasteiger partial charge on any atom is 0.416 e. The van der Waals surface area contributed by atoms with Gasteiger partial charge < -0.3 is 4.74 Å². The number of alkyl halides is 3. The molecule has 0 aliphatic carbocycles. The molecule has 0 bridgehead atoms. The van der Waals surface area contributed by atoms with Crippen LogP contribution in [-0.4, -0.2) is 13.1 Å². The van der Waals surface area contributed by atoms with E-state index in [-0.39, 0.29) is 18.4 Å². The number of carbonyl (C=O) groups excluding carboxylic acids is 1. The summed E-state index contributed by atoms with van der Waals surface area (Å²) in [6.45, 7) is 1.41. The van der Waals surface area contributed by atoms with Crippen LogP contribution < -0.4 is 0 Å². The highest BCUT2D eigenvalue weighted by atomic mass is 19.4. The van der Waals surface area contributed by atoms with Crippen molar-refractivity contribution in [2.24, 2.45) is 0 Å². The number of ether oxygens (including phenoxy) is 1. The first-order chi connectivity index (χ1) is 7.84. The van der Waals surface area contributed by atoms with Crippen LogP contribution in [0.1, 0.15) is 23.1 Å². The third kappa shape index (κ3) is 3.76. The van der Waals surface area contributed by atoms with Crippen molar-refractivity contribution in [1.29, 1.82) is 0 Å². The summed E-state index contributed by atoms with van der Waals surface area (Å²) < 4.78 is 42.2. The second-order valence-electron chi connectivity index (χ2n) is 3.72. The average molecular weight is 246 g/mol. The number of carbonyl (C=O) groups is 1. The van der Waals surface area contributed by atoms with E-state index in [1.165, 1.54) is 20.1 Å². The monoisotopic (exact) mass is 246 g/mol. The Balaban J connectivity index is 2.86. The van der Waals surface area contributed by atoms with Crippen molar-refractivity contribution < 1.29 is 22.7 Å². The molecule has 0 aliphatic heterocycles. The van der Waals surface area contributed by atoms with Gasteiger partial charge in [0.1, 0.15) is 0 Å². The van der Waals surface area contributed by atoms with Crippen LogP contribution in [0.2, 0.25) is 0 Å². The molecule has 0 heterocycles. The Morgan fingerprint density at radius 3 is 2.53 bits per heavy atom. The van der Waals surface area contributed by atoms with Gasteiger partial charge in [0, 0.05) is 6.42 Å². The second-order valence-corrected chi connectivity index (χ2v) is 3.72. The Morgan fingerprint density at radius 2 is 2.00 bits per heavy atom. The summed E-state index contributed by atoms with van der Waals surface area (Å²) in [5.41, 5.74) is 0.00695. The van der Waals surface area contributed by atoms with Crippen molar-refractivity contribution in [3.63, 3.8) is 0 Å². The molecular weight excluding hydrogens is 233 g/mol. The molecule has 1 rings (SSSR count). The first kappa shape index (κ1) is 13.5. The molecule has 94 valence electrons. The second kappa shape index (κ2) is 5.21. The van der Waals surface area contributed by atoms with E-state index in [4.69, 9.17) is 0 Å². The average Bonchev–Trinajstić information content (AvgIpc) is 2.26. The molecule has 0 aliphatic rings. The summed E-state index contributed by atoms with van der Waals surface area (Å²) in [7, 11) is 1.25. The minimum absolute atomic E-state index is 0.0802. The molecule has 0 aromatic heterocycles. The summed E-state index contributed by atoms with van der Waals surface area (Å²) in [5, 5.41) is 0. The SMILES string of the molecule is COC(=O)CCc1ccc(C)c(C(F)(F)F)c1. The summed E-state index contributed by atoms with van der Waals surface area (Å²) >= 11 is 0. The van der Waals surface area contributed by atoms with Crippen LogP contribution in [0.4, 0.5) is 13.2 Å². The Morgan fingerprint density at radius 1 is 1.35 bits per heavy atom. The number of rotatable bonds is 3. The molecular formula is C12H13F3O2. The fraction of sp³-hybridized carbons (Fsp3) is 0.417. The zero-order valence-corrected chi connectivity index (χ0v) is 9.60. The van der Waals surface area contributed by atoms with Crippen molar-refractivity contribution in [3.05, 3.63) is 34.9 Å². The number of aryl methyl sites for hydroxylation is 2. The molecule has 0 fully saturated rings. The van der Waals surface area contributed by atoms with Gasteiger partial charge in [0.15, 0.2) is 0 Å². The fourth-order valence-electron chi connectivity index (χ4n) is 1.48. The highest BCUT2D eigenvalue weighted by Crippen LogP contribution is 2.32. The van der Waals surface area contributed by atoms with Crippen LogP contribution in [0, 0.1) is 6.92 Å². The van der Waals surface area contributed by atoms with Gasteiger partial charge >= 0.3 is 12.1 Å². The Hall–Kier alpha value is -1.52. The van der Waals surface area contributed by atoms with Crippen molar-refractivity contribution in [3.8, 4) is 0 Å². The number of esters is 1. The van der Waals surface area contributed by atoms with Crippen LogP contribution in [0.15, 0.2) is 18.2 Å². The van der Waals surface area contributed by atoms with Crippen LogP contribution >= 0.6 is 0 Å². The van der Waals surface area contributed by atoms with Gasteiger partial charge in [-0.2, -0.15) is 13.2 Å². The Labute approximate surface area is 97.4 Å². The van der Waals surface area contributed by atoms with E-state index < -0.39 is 17.7 Å². The lowest BCUT2D eigenvalue weighted by molar-refractivity contribution is -0.140. The third-order valence-corrected chi connectivity index (χ3v) is 2.45. The lowest BCUT2D eigenvalue weighted by atomic mass is 10.0.